The van der Waals surface area contributed by atoms with E-state index in [2.05, 4.69) is 10.0 Å². The first kappa shape index (κ1) is 14.8. The molecule has 0 fully saturated rings. The van der Waals surface area contributed by atoms with Crippen LogP contribution in [0.25, 0.3) is 0 Å². The minimum Gasteiger partial charge on any atom is -0.429 e. The summed E-state index contributed by atoms with van der Waals surface area (Å²) in [6.45, 7) is 0.300. The topological polar surface area (TPSA) is 109 Å². The zero-order chi connectivity index (χ0) is 15.9. The summed E-state index contributed by atoms with van der Waals surface area (Å²) < 4.78 is 4.68. The highest BCUT2D eigenvalue weighted by molar-refractivity contribution is 5.61. The summed E-state index contributed by atoms with van der Waals surface area (Å²) in [6, 6.07) is 14.3. The van der Waals surface area contributed by atoms with Crippen LogP contribution >= 0.6 is 0 Å². The van der Waals surface area contributed by atoms with Crippen LogP contribution in [0.2, 0.25) is 0 Å². The van der Waals surface area contributed by atoms with Gasteiger partial charge in [0.25, 0.3) is 16.7 Å². The highest BCUT2D eigenvalue weighted by Crippen LogP contribution is 2.27. The predicted octanol–water partition coefficient (Wildman–Crippen LogP) is 2.39. The number of nitriles is 1. The Morgan fingerprint density at radius 2 is 1.68 bits per heavy atom. The van der Waals surface area contributed by atoms with E-state index >= 15 is 0 Å². The Balaban J connectivity index is 2.41. The van der Waals surface area contributed by atoms with E-state index in [-0.39, 0.29) is 4.97 Å². The Hall–Kier alpha value is -3.60. The minimum atomic E-state index is 0.233. The van der Waals surface area contributed by atoms with Crippen molar-refractivity contribution in [3.8, 4) is 11.8 Å². The second-order valence-corrected chi connectivity index (χ2v) is 4.04. The molecule has 8 nitrogen and oxygen atoms in total. The molecule has 2 rings (SSSR count). The van der Waals surface area contributed by atoms with Crippen molar-refractivity contribution >= 4 is 17.8 Å². The molecule has 0 heterocycles. The lowest BCUT2D eigenvalue weighted by Crippen LogP contribution is -2.27. The predicted molar refractivity (Wildman–Crippen MR) is 72.7 cm³/mol. The van der Waals surface area contributed by atoms with E-state index < -0.39 is 0 Å². The third kappa shape index (κ3) is 3.10. The number of hydrogen-bond donors (Lipinski definition) is 2. The zero-order valence-corrected chi connectivity index (χ0v) is 11.2. The van der Waals surface area contributed by atoms with Crippen LogP contribution in [-0.4, -0.2) is 21.9 Å². The fourth-order valence-corrected chi connectivity index (χ4v) is 1.79. The van der Waals surface area contributed by atoms with Gasteiger partial charge in [-0.3, -0.25) is 4.79 Å². The lowest BCUT2D eigenvalue weighted by atomic mass is 10.2. The standard InChI is InChI=1S/C14H10N4O4/c15-9-11-1-3-12(4-2-11)17(18(21)16-20)13-5-7-14(8-6-13)22-10-19/h1-8,10,21H/p+1. The second-order valence-electron chi connectivity index (χ2n) is 4.04. The van der Waals surface area contributed by atoms with E-state index in [0.717, 1.165) is 0 Å². The number of ether oxygens (including phenoxy) is 1. The summed E-state index contributed by atoms with van der Waals surface area (Å²) in [5.74, 6) is 0.323. The van der Waals surface area contributed by atoms with Crippen molar-refractivity contribution in [3.05, 3.63) is 54.1 Å². The van der Waals surface area contributed by atoms with Gasteiger partial charge in [0.1, 0.15) is 17.1 Å². The third-order valence-corrected chi connectivity index (χ3v) is 2.77. The number of benzene rings is 2. The van der Waals surface area contributed by atoms with Crippen molar-refractivity contribution in [1.29, 1.82) is 5.26 Å². The molecule has 0 radical (unpaired) electrons. The van der Waals surface area contributed by atoms with E-state index in [4.69, 9.17) is 10.5 Å². The van der Waals surface area contributed by atoms with Crippen LogP contribution in [0, 0.1) is 11.3 Å². The highest BCUT2D eigenvalue weighted by Gasteiger charge is 2.24. The molecule has 0 saturated heterocycles. The van der Waals surface area contributed by atoms with Gasteiger partial charge in [0.2, 0.25) is 0 Å². The Bertz CT molecular complexity index is 720. The van der Waals surface area contributed by atoms with Crippen LogP contribution in [0.1, 0.15) is 5.56 Å². The van der Waals surface area contributed by atoms with Gasteiger partial charge in [0, 0.05) is 0 Å². The van der Waals surface area contributed by atoms with E-state index in [1.165, 1.54) is 17.1 Å². The van der Waals surface area contributed by atoms with Crippen LogP contribution in [-0.2, 0) is 4.79 Å². The van der Waals surface area contributed by atoms with Gasteiger partial charge in [0.05, 0.1) is 11.6 Å². The van der Waals surface area contributed by atoms with Gasteiger partial charge in [-0.25, -0.2) is 5.21 Å². The number of hydrogen-bond acceptors (Lipinski definition) is 4. The monoisotopic (exact) mass is 299 g/mol. The number of rotatable bonds is 5. The first-order valence-corrected chi connectivity index (χ1v) is 6.04. The Labute approximate surface area is 125 Å². The molecule has 0 amide bonds. The molecular formula is C14H11N4O4+. The van der Waals surface area contributed by atoms with Crippen molar-refractivity contribution < 1.29 is 24.9 Å². The van der Waals surface area contributed by atoms with Gasteiger partial charge in [-0.05, 0) is 53.5 Å². The summed E-state index contributed by atoms with van der Waals surface area (Å²) in [5.41, 5.74) is 1.33. The molecular weight excluding hydrogens is 288 g/mol. The van der Waals surface area contributed by atoms with Gasteiger partial charge < -0.3 is 9.94 Å². The number of nitrogens with zero attached hydrogens (tertiary/aromatic N) is 4. The molecule has 2 aromatic rings. The fourth-order valence-electron chi connectivity index (χ4n) is 1.79. The van der Waals surface area contributed by atoms with Gasteiger partial charge in [-0.2, -0.15) is 5.26 Å². The number of anilines is 2. The molecule has 22 heavy (non-hydrogen) atoms. The average Bonchev–Trinajstić information content (AvgIpc) is 2.57. The normalized spacial score (nSPS) is 10.6. The molecule has 0 atom stereocenters. The third-order valence-electron chi connectivity index (χ3n) is 2.77. The van der Waals surface area contributed by atoms with Crippen molar-refractivity contribution in [2.24, 2.45) is 5.28 Å². The first-order valence-electron chi connectivity index (χ1n) is 6.04. The van der Waals surface area contributed by atoms with Crippen LogP contribution in [0.4, 0.5) is 11.4 Å². The van der Waals surface area contributed by atoms with Crippen molar-refractivity contribution in [2.75, 3.05) is 5.01 Å². The average molecular weight is 299 g/mol. The van der Waals surface area contributed by atoms with E-state index in [0.29, 0.717) is 29.2 Å². The molecule has 0 unspecified atom stereocenters. The Morgan fingerprint density at radius 3 is 2.14 bits per heavy atom. The van der Waals surface area contributed by atoms with E-state index in [9.17, 15) is 10.0 Å². The first-order chi connectivity index (χ1) is 10.7. The molecule has 0 saturated carbocycles. The smallest absolute Gasteiger partial charge is 0.298 e. The maximum atomic E-state index is 10.3. The van der Waals surface area contributed by atoms with Crippen molar-refractivity contribution in [3.63, 3.8) is 0 Å². The van der Waals surface area contributed by atoms with Crippen LogP contribution < -0.4 is 9.75 Å². The Morgan fingerprint density at radius 1 is 1.14 bits per heavy atom. The van der Waals surface area contributed by atoms with Crippen LogP contribution in [0.5, 0.6) is 5.75 Å². The number of carbonyl (C=O) groups is 1. The molecule has 0 aliphatic heterocycles. The molecule has 0 aromatic heterocycles. The molecule has 8 heteroatoms. The summed E-state index contributed by atoms with van der Waals surface area (Å²) >= 11 is 0. The molecule has 2 aromatic carbocycles. The van der Waals surface area contributed by atoms with Gasteiger partial charge in [-0.15, -0.1) is 0 Å². The minimum absolute atomic E-state index is 0.233. The van der Waals surface area contributed by atoms with Crippen molar-refractivity contribution in [1.82, 2.24) is 0 Å². The summed E-state index contributed by atoms with van der Waals surface area (Å²) in [7, 11) is 0. The molecule has 0 bridgehead atoms. The van der Waals surface area contributed by atoms with E-state index in [1.54, 1.807) is 36.4 Å². The maximum absolute atomic E-state index is 10.3. The lowest BCUT2D eigenvalue weighted by molar-refractivity contribution is -0.838. The van der Waals surface area contributed by atoms with Gasteiger partial charge in [-0.1, -0.05) is 0 Å². The largest absolute Gasteiger partial charge is 0.429 e. The zero-order valence-electron chi connectivity index (χ0n) is 11.2. The molecule has 2 N–H and O–H groups in total. The molecule has 0 aliphatic carbocycles. The van der Waals surface area contributed by atoms with Crippen molar-refractivity contribution in [2.45, 2.75) is 0 Å². The Kier molecular flexibility index (Phi) is 4.52. The summed E-state index contributed by atoms with van der Waals surface area (Å²) in [4.78, 5) is 10.5. The summed E-state index contributed by atoms with van der Waals surface area (Å²) in [6.07, 6.45) is 0. The maximum Gasteiger partial charge on any atom is 0.298 e. The van der Waals surface area contributed by atoms with E-state index in [1.807, 2.05) is 6.07 Å². The quantitative estimate of drug-likeness (QED) is 0.380. The molecule has 0 aliphatic rings. The molecule has 110 valence electrons. The highest BCUT2D eigenvalue weighted by atomic mass is 16.6. The van der Waals surface area contributed by atoms with Gasteiger partial charge in [0.15, 0.2) is 0 Å². The van der Waals surface area contributed by atoms with Crippen LogP contribution in [0.15, 0.2) is 53.8 Å². The number of hydrazine groups is 1. The van der Waals surface area contributed by atoms with Gasteiger partial charge >= 0.3 is 0 Å². The SMILES string of the molecule is N#Cc1ccc(N(c2ccc(OC=O)cc2)[N+](O)=NO)cc1. The van der Waals surface area contributed by atoms with Crippen LogP contribution in [0.3, 0.4) is 0 Å². The fraction of sp³-hybridized carbons (Fsp3) is 0. The molecule has 0 spiro atoms. The second kappa shape index (κ2) is 6.71. The summed E-state index contributed by atoms with van der Waals surface area (Å²) in [5, 5.41) is 31.2. The lowest BCUT2D eigenvalue weighted by Gasteiger charge is -2.12. The number of carbonyl (C=O) groups excluding carboxylic acids is 1.